The molecule has 0 unspecified atom stereocenters. The Labute approximate surface area is 188 Å². The van der Waals surface area contributed by atoms with Crippen LogP contribution in [0.1, 0.15) is 18.1 Å². The van der Waals surface area contributed by atoms with Crippen molar-refractivity contribution in [2.24, 2.45) is 0 Å². The number of nitrogens with zero attached hydrogens (tertiary/aromatic N) is 2. The lowest BCUT2D eigenvalue weighted by Gasteiger charge is -2.13. The van der Waals surface area contributed by atoms with E-state index < -0.39 is 5.69 Å². The molecule has 0 atom stereocenters. The van der Waals surface area contributed by atoms with Gasteiger partial charge < -0.3 is 10.1 Å². The Bertz CT molecular complexity index is 1340. The van der Waals surface area contributed by atoms with E-state index in [0.717, 1.165) is 16.9 Å². The number of ether oxygens (including phenoxy) is 1. The van der Waals surface area contributed by atoms with Crippen molar-refractivity contribution in [3.05, 3.63) is 98.0 Å². The Balaban J connectivity index is 1.61. The second kappa shape index (κ2) is 9.65. The molecule has 0 bridgehead atoms. The van der Waals surface area contributed by atoms with E-state index in [2.05, 4.69) is 5.32 Å². The van der Waals surface area contributed by atoms with Crippen LogP contribution in [-0.2, 0) is 24.4 Å². The Hall–Kier alpha value is -3.65. The molecule has 4 rings (SSSR count). The van der Waals surface area contributed by atoms with Crippen molar-refractivity contribution >= 4 is 27.5 Å². The maximum atomic E-state index is 13.2. The predicted octanol–water partition coefficient (Wildman–Crippen LogP) is 2.99. The minimum Gasteiger partial charge on any atom is -0.494 e. The fourth-order valence-electron chi connectivity index (χ4n) is 3.46. The Morgan fingerprint density at radius 3 is 2.44 bits per heavy atom. The van der Waals surface area contributed by atoms with Crippen molar-refractivity contribution in [1.82, 2.24) is 14.5 Å². The van der Waals surface area contributed by atoms with E-state index >= 15 is 0 Å². The summed E-state index contributed by atoms with van der Waals surface area (Å²) in [5, 5.41) is 4.59. The molecular formula is C24H23N3O4S. The number of carbonyl (C=O) groups excluding carboxylic acids is 1. The molecule has 7 nitrogen and oxygen atoms in total. The molecule has 0 aliphatic rings. The highest BCUT2D eigenvalue weighted by Crippen LogP contribution is 2.16. The summed E-state index contributed by atoms with van der Waals surface area (Å²) in [6.07, 6.45) is 0. The average molecular weight is 450 g/mol. The lowest BCUT2D eigenvalue weighted by atomic mass is 10.2. The molecule has 0 aliphatic carbocycles. The molecule has 32 heavy (non-hydrogen) atoms. The maximum absolute atomic E-state index is 13.2. The molecule has 0 spiro atoms. The summed E-state index contributed by atoms with van der Waals surface area (Å²) in [4.78, 5) is 38.8. The van der Waals surface area contributed by atoms with E-state index in [9.17, 15) is 14.4 Å². The van der Waals surface area contributed by atoms with Gasteiger partial charge in [-0.15, -0.1) is 11.3 Å². The van der Waals surface area contributed by atoms with Crippen molar-refractivity contribution < 1.29 is 9.53 Å². The summed E-state index contributed by atoms with van der Waals surface area (Å²) in [5.41, 5.74) is 1.38. The van der Waals surface area contributed by atoms with Crippen LogP contribution in [-0.4, -0.2) is 21.6 Å². The molecule has 2 aromatic heterocycles. The Morgan fingerprint density at radius 2 is 1.72 bits per heavy atom. The van der Waals surface area contributed by atoms with Gasteiger partial charge in [-0.1, -0.05) is 42.5 Å². The molecule has 0 saturated heterocycles. The van der Waals surface area contributed by atoms with Crippen LogP contribution in [0.3, 0.4) is 0 Å². The number of hydrogen-bond donors (Lipinski definition) is 1. The monoisotopic (exact) mass is 449 g/mol. The zero-order valence-corrected chi connectivity index (χ0v) is 18.4. The second-order valence-corrected chi connectivity index (χ2v) is 8.15. The third-order valence-corrected chi connectivity index (χ3v) is 5.94. The van der Waals surface area contributed by atoms with Crippen LogP contribution in [0.15, 0.2) is 75.6 Å². The van der Waals surface area contributed by atoms with E-state index in [0.29, 0.717) is 23.4 Å². The fourth-order valence-corrected chi connectivity index (χ4v) is 4.30. The number of nitrogens with one attached hydrogen (secondary N) is 1. The highest BCUT2D eigenvalue weighted by atomic mass is 32.1. The molecule has 2 aromatic carbocycles. The number of hydrogen-bond acceptors (Lipinski definition) is 5. The molecule has 0 aliphatic heterocycles. The van der Waals surface area contributed by atoms with Gasteiger partial charge in [0.15, 0.2) is 0 Å². The molecule has 2 heterocycles. The number of carbonyl (C=O) groups is 1. The summed E-state index contributed by atoms with van der Waals surface area (Å²) in [7, 11) is 0. The van der Waals surface area contributed by atoms with Gasteiger partial charge in [0, 0.05) is 6.54 Å². The first-order chi connectivity index (χ1) is 15.6. The van der Waals surface area contributed by atoms with Gasteiger partial charge in [0.2, 0.25) is 5.91 Å². The summed E-state index contributed by atoms with van der Waals surface area (Å²) < 4.78 is 8.44. The largest absolute Gasteiger partial charge is 0.494 e. The van der Waals surface area contributed by atoms with Gasteiger partial charge in [-0.2, -0.15) is 0 Å². The van der Waals surface area contributed by atoms with Crippen LogP contribution in [0.2, 0.25) is 0 Å². The molecular weight excluding hydrogens is 426 g/mol. The van der Waals surface area contributed by atoms with E-state index in [1.807, 2.05) is 61.5 Å². The molecule has 1 amide bonds. The average Bonchev–Trinajstić information content (AvgIpc) is 3.30. The van der Waals surface area contributed by atoms with Crippen LogP contribution in [0.5, 0.6) is 5.75 Å². The van der Waals surface area contributed by atoms with Gasteiger partial charge in [-0.3, -0.25) is 18.7 Å². The molecule has 0 radical (unpaired) electrons. The quantitative estimate of drug-likeness (QED) is 0.448. The van der Waals surface area contributed by atoms with Crippen LogP contribution in [0.25, 0.3) is 10.2 Å². The number of rotatable bonds is 8. The van der Waals surface area contributed by atoms with Crippen molar-refractivity contribution in [1.29, 1.82) is 0 Å². The minimum absolute atomic E-state index is 0.115. The molecule has 8 heteroatoms. The Kier molecular flexibility index (Phi) is 6.51. The molecule has 0 fully saturated rings. The van der Waals surface area contributed by atoms with Crippen molar-refractivity contribution in [3.63, 3.8) is 0 Å². The van der Waals surface area contributed by atoms with E-state index in [4.69, 9.17) is 4.74 Å². The van der Waals surface area contributed by atoms with Crippen molar-refractivity contribution in [2.45, 2.75) is 26.6 Å². The van der Waals surface area contributed by atoms with E-state index in [1.54, 1.807) is 11.4 Å². The maximum Gasteiger partial charge on any atom is 0.332 e. The summed E-state index contributed by atoms with van der Waals surface area (Å²) in [5.74, 6) is 0.430. The smallest absolute Gasteiger partial charge is 0.332 e. The zero-order valence-electron chi connectivity index (χ0n) is 17.6. The van der Waals surface area contributed by atoms with Crippen molar-refractivity contribution in [3.8, 4) is 5.75 Å². The molecule has 0 saturated carbocycles. The highest BCUT2D eigenvalue weighted by Gasteiger charge is 2.16. The number of benzene rings is 2. The van der Waals surface area contributed by atoms with Gasteiger partial charge in [0.05, 0.1) is 18.7 Å². The molecule has 4 aromatic rings. The normalized spacial score (nSPS) is 10.9. The third-order valence-electron chi connectivity index (χ3n) is 5.05. The van der Waals surface area contributed by atoms with Gasteiger partial charge in [-0.05, 0) is 41.6 Å². The summed E-state index contributed by atoms with van der Waals surface area (Å²) in [6, 6.07) is 18.5. The lowest BCUT2D eigenvalue weighted by Crippen LogP contribution is -2.42. The Morgan fingerprint density at radius 1 is 0.969 bits per heavy atom. The molecule has 1 N–H and O–H groups in total. The van der Waals surface area contributed by atoms with Crippen LogP contribution in [0.4, 0.5) is 0 Å². The summed E-state index contributed by atoms with van der Waals surface area (Å²) in [6.45, 7) is 2.78. The first-order valence-corrected chi connectivity index (χ1v) is 11.2. The van der Waals surface area contributed by atoms with Gasteiger partial charge in [-0.25, -0.2) is 4.79 Å². The fraction of sp³-hybridized carbons (Fsp3) is 0.208. The standard InChI is InChI=1S/C24H23N3O4S/c1-2-31-19-10-8-18(9-11-19)15-27-23(29)22-20(12-13-32-22)26(24(27)30)16-21(28)25-14-17-6-4-3-5-7-17/h3-13H,2,14-16H2,1H3,(H,25,28). The number of thiophene rings is 1. The SMILES string of the molecule is CCOc1ccc(Cn2c(=O)c3sccc3n(CC(=O)NCc3ccccc3)c2=O)cc1. The van der Waals surface area contributed by atoms with Crippen LogP contribution < -0.4 is 21.3 Å². The second-order valence-electron chi connectivity index (χ2n) is 7.23. The predicted molar refractivity (Wildman–Crippen MR) is 125 cm³/mol. The number of amides is 1. The highest BCUT2D eigenvalue weighted by molar-refractivity contribution is 7.17. The number of fused-ring (bicyclic) bond motifs is 1. The third kappa shape index (κ3) is 4.65. The first-order valence-electron chi connectivity index (χ1n) is 10.3. The number of aromatic nitrogens is 2. The topological polar surface area (TPSA) is 82.3 Å². The van der Waals surface area contributed by atoms with Gasteiger partial charge in [0.25, 0.3) is 5.56 Å². The van der Waals surface area contributed by atoms with Gasteiger partial charge >= 0.3 is 5.69 Å². The van der Waals surface area contributed by atoms with Crippen molar-refractivity contribution in [2.75, 3.05) is 6.61 Å². The van der Waals surface area contributed by atoms with Gasteiger partial charge in [0.1, 0.15) is 17.0 Å². The van der Waals surface area contributed by atoms with E-state index in [1.165, 1.54) is 20.5 Å². The molecule has 164 valence electrons. The summed E-state index contributed by atoms with van der Waals surface area (Å²) >= 11 is 1.26. The van der Waals surface area contributed by atoms with E-state index in [-0.39, 0.29) is 24.6 Å². The lowest BCUT2D eigenvalue weighted by molar-refractivity contribution is -0.121. The zero-order chi connectivity index (χ0) is 22.5. The van der Waals surface area contributed by atoms with Crippen LogP contribution in [0, 0.1) is 0 Å². The van der Waals surface area contributed by atoms with Crippen LogP contribution >= 0.6 is 11.3 Å². The minimum atomic E-state index is -0.510. The first kappa shape index (κ1) is 21.6.